The standard InChI is InChI=1S/C19H29N3O3/c1-14(23)22-12-9-18(19(24)13-22)20-15-7-10-21(11-8-15)16-3-5-17(25-2)6-4-16/h3-6,15,18-20,24H,7-13H2,1-2H3/t18-,19-/m1/s1. The number of benzene rings is 1. The normalized spacial score (nSPS) is 25.1. The lowest BCUT2D eigenvalue weighted by Crippen LogP contribution is -2.57. The zero-order valence-corrected chi connectivity index (χ0v) is 15.1. The first-order valence-corrected chi connectivity index (χ1v) is 9.15. The number of nitrogens with one attached hydrogen (secondary N) is 1. The van der Waals surface area contributed by atoms with Crippen LogP contribution in [0, 0.1) is 0 Å². The predicted molar refractivity (Wildman–Crippen MR) is 98.0 cm³/mol. The van der Waals surface area contributed by atoms with Gasteiger partial charge in [0, 0.05) is 50.9 Å². The number of nitrogens with zero attached hydrogens (tertiary/aromatic N) is 2. The minimum Gasteiger partial charge on any atom is -0.497 e. The predicted octanol–water partition coefficient (Wildman–Crippen LogP) is 1.24. The van der Waals surface area contributed by atoms with Gasteiger partial charge in [0.05, 0.1) is 13.2 Å². The van der Waals surface area contributed by atoms with Crippen LogP contribution < -0.4 is 15.0 Å². The number of piperidine rings is 2. The third kappa shape index (κ3) is 4.44. The number of methoxy groups -OCH3 is 1. The summed E-state index contributed by atoms with van der Waals surface area (Å²) in [5, 5.41) is 13.9. The van der Waals surface area contributed by atoms with Gasteiger partial charge in [-0.05, 0) is 43.5 Å². The molecule has 1 aromatic rings. The van der Waals surface area contributed by atoms with Crippen LogP contribution in [0.2, 0.25) is 0 Å². The van der Waals surface area contributed by atoms with Crippen LogP contribution in [0.4, 0.5) is 5.69 Å². The molecule has 25 heavy (non-hydrogen) atoms. The highest BCUT2D eigenvalue weighted by molar-refractivity contribution is 5.73. The number of carbonyl (C=O) groups excluding carboxylic acids is 1. The highest BCUT2D eigenvalue weighted by Gasteiger charge is 2.31. The van der Waals surface area contributed by atoms with Gasteiger partial charge in [0.15, 0.2) is 0 Å². The van der Waals surface area contributed by atoms with Crippen LogP contribution in [0.5, 0.6) is 5.75 Å². The van der Waals surface area contributed by atoms with Gasteiger partial charge in [-0.1, -0.05) is 0 Å². The summed E-state index contributed by atoms with van der Waals surface area (Å²) in [6.07, 6.45) is 2.47. The summed E-state index contributed by atoms with van der Waals surface area (Å²) in [5.41, 5.74) is 1.23. The Bertz CT molecular complexity index is 570. The van der Waals surface area contributed by atoms with E-state index in [1.54, 1.807) is 18.9 Å². The molecule has 2 saturated heterocycles. The van der Waals surface area contributed by atoms with Gasteiger partial charge in [-0.3, -0.25) is 4.79 Å². The van der Waals surface area contributed by atoms with Crippen LogP contribution >= 0.6 is 0 Å². The van der Waals surface area contributed by atoms with Crippen molar-refractivity contribution >= 4 is 11.6 Å². The molecule has 2 atom stereocenters. The number of amides is 1. The van der Waals surface area contributed by atoms with Crippen LogP contribution in [0.15, 0.2) is 24.3 Å². The van der Waals surface area contributed by atoms with Gasteiger partial charge in [0.1, 0.15) is 5.75 Å². The van der Waals surface area contributed by atoms with E-state index in [0.717, 1.165) is 44.6 Å². The fourth-order valence-electron chi connectivity index (χ4n) is 3.81. The number of hydrogen-bond donors (Lipinski definition) is 2. The van der Waals surface area contributed by atoms with Crippen molar-refractivity contribution in [3.8, 4) is 5.75 Å². The van der Waals surface area contributed by atoms with E-state index in [0.29, 0.717) is 12.6 Å². The maximum Gasteiger partial charge on any atom is 0.219 e. The highest BCUT2D eigenvalue weighted by atomic mass is 16.5. The summed E-state index contributed by atoms with van der Waals surface area (Å²) in [6, 6.07) is 8.73. The van der Waals surface area contributed by atoms with Gasteiger partial charge in [0.2, 0.25) is 5.91 Å². The quantitative estimate of drug-likeness (QED) is 0.858. The van der Waals surface area contributed by atoms with Crippen molar-refractivity contribution in [3.63, 3.8) is 0 Å². The van der Waals surface area contributed by atoms with Gasteiger partial charge in [-0.25, -0.2) is 0 Å². The molecule has 2 fully saturated rings. The third-order valence-electron chi connectivity index (χ3n) is 5.41. The maximum absolute atomic E-state index is 11.4. The lowest BCUT2D eigenvalue weighted by molar-refractivity contribution is -0.132. The van der Waals surface area contributed by atoms with Crippen molar-refractivity contribution in [2.24, 2.45) is 0 Å². The van der Waals surface area contributed by atoms with Crippen LogP contribution in [0.1, 0.15) is 26.2 Å². The number of aliphatic hydroxyl groups excluding tert-OH is 1. The third-order valence-corrected chi connectivity index (χ3v) is 5.41. The second kappa shape index (κ2) is 8.06. The number of anilines is 1. The minimum atomic E-state index is -0.475. The van der Waals surface area contributed by atoms with Gasteiger partial charge in [0.25, 0.3) is 0 Å². The topological polar surface area (TPSA) is 65.0 Å². The van der Waals surface area contributed by atoms with E-state index in [2.05, 4.69) is 22.3 Å². The molecule has 0 unspecified atom stereocenters. The highest BCUT2D eigenvalue weighted by Crippen LogP contribution is 2.23. The number of aliphatic hydroxyl groups is 1. The van der Waals surface area contributed by atoms with E-state index in [-0.39, 0.29) is 11.9 Å². The Morgan fingerprint density at radius 3 is 2.40 bits per heavy atom. The van der Waals surface area contributed by atoms with Crippen molar-refractivity contribution < 1.29 is 14.6 Å². The summed E-state index contributed by atoms with van der Waals surface area (Å²) < 4.78 is 5.21. The zero-order valence-electron chi connectivity index (χ0n) is 15.1. The first kappa shape index (κ1) is 18.0. The number of hydrogen-bond acceptors (Lipinski definition) is 5. The fraction of sp³-hybridized carbons (Fsp3) is 0.632. The van der Waals surface area contributed by atoms with E-state index < -0.39 is 6.10 Å². The van der Waals surface area contributed by atoms with Crippen LogP contribution in [0.25, 0.3) is 0 Å². The lowest BCUT2D eigenvalue weighted by atomic mass is 9.97. The molecular weight excluding hydrogens is 318 g/mol. The van der Waals surface area contributed by atoms with Crippen molar-refractivity contribution in [2.45, 2.75) is 44.4 Å². The first-order valence-electron chi connectivity index (χ1n) is 9.15. The SMILES string of the molecule is COc1ccc(N2CCC(N[C@@H]3CCN(C(C)=O)C[C@H]3O)CC2)cc1. The molecule has 0 bridgehead atoms. The van der Waals surface area contributed by atoms with E-state index >= 15 is 0 Å². The summed E-state index contributed by atoms with van der Waals surface area (Å²) in [7, 11) is 1.68. The number of carbonyl (C=O) groups is 1. The average molecular weight is 347 g/mol. The molecule has 1 aromatic carbocycles. The minimum absolute atomic E-state index is 0.0466. The van der Waals surface area contributed by atoms with E-state index in [4.69, 9.17) is 4.74 Å². The lowest BCUT2D eigenvalue weighted by Gasteiger charge is -2.40. The molecule has 2 heterocycles. The zero-order chi connectivity index (χ0) is 17.8. The Kier molecular flexibility index (Phi) is 5.81. The number of likely N-dealkylation sites (tertiary alicyclic amines) is 1. The first-order chi connectivity index (χ1) is 12.1. The van der Waals surface area contributed by atoms with Gasteiger partial charge in [-0.15, -0.1) is 0 Å². The van der Waals surface area contributed by atoms with Crippen LogP contribution in [-0.4, -0.2) is 67.4 Å². The Morgan fingerprint density at radius 2 is 1.84 bits per heavy atom. The van der Waals surface area contributed by atoms with Crippen molar-refractivity contribution in [1.82, 2.24) is 10.2 Å². The molecule has 6 heteroatoms. The largest absolute Gasteiger partial charge is 0.497 e. The number of β-amino-alcohol motifs (C(OH)–C–C–N with tert-alkyl or cyclic N) is 1. The van der Waals surface area contributed by atoms with Gasteiger partial charge >= 0.3 is 0 Å². The second-order valence-electron chi connectivity index (χ2n) is 7.05. The molecule has 138 valence electrons. The summed E-state index contributed by atoms with van der Waals surface area (Å²) in [4.78, 5) is 15.6. The smallest absolute Gasteiger partial charge is 0.219 e. The second-order valence-corrected chi connectivity index (χ2v) is 7.05. The van der Waals surface area contributed by atoms with Crippen molar-refractivity contribution in [3.05, 3.63) is 24.3 Å². The van der Waals surface area contributed by atoms with Gasteiger partial charge in [-0.2, -0.15) is 0 Å². The Balaban J connectivity index is 1.47. The molecule has 0 spiro atoms. The molecule has 0 aliphatic carbocycles. The molecule has 0 saturated carbocycles. The molecule has 6 nitrogen and oxygen atoms in total. The molecule has 1 amide bonds. The summed E-state index contributed by atoms with van der Waals surface area (Å²) in [5.74, 6) is 0.927. The maximum atomic E-state index is 11.4. The number of ether oxygens (including phenoxy) is 1. The molecule has 3 rings (SSSR count). The average Bonchev–Trinajstić information content (AvgIpc) is 2.64. The van der Waals surface area contributed by atoms with E-state index in [1.807, 2.05) is 12.1 Å². The van der Waals surface area contributed by atoms with E-state index in [1.165, 1.54) is 5.69 Å². The molecule has 0 radical (unpaired) electrons. The molecule has 2 N–H and O–H groups in total. The Morgan fingerprint density at radius 1 is 1.16 bits per heavy atom. The molecule has 0 aromatic heterocycles. The van der Waals surface area contributed by atoms with Crippen molar-refractivity contribution in [2.75, 3.05) is 38.2 Å². The van der Waals surface area contributed by atoms with Crippen LogP contribution in [-0.2, 0) is 4.79 Å². The number of rotatable bonds is 4. The summed E-state index contributed by atoms with van der Waals surface area (Å²) in [6.45, 7) is 4.75. The van der Waals surface area contributed by atoms with Crippen molar-refractivity contribution in [1.29, 1.82) is 0 Å². The summed E-state index contributed by atoms with van der Waals surface area (Å²) >= 11 is 0. The monoisotopic (exact) mass is 347 g/mol. The van der Waals surface area contributed by atoms with Gasteiger partial charge < -0.3 is 25.0 Å². The fourth-order valence-corrected chi connectivity index (χ4v) is 3.81. The molecular formula is C19H29N3O3. The Labute approximate surface area is 149 Å². The van der Waals surface area contributed by atoms with E-state index in [9.17, 15) is 9.90 Å². The Hall–Kier alpha value is -1.79. The molecule has 2 aliphatic rings. The molecule has 2 aliphatic heterocycles. The van der Waals surface area contributed by atoms with Crippen LogP contribution in [0.3, 0.4) is 0 Å².